The van der Waals surface area contributed by atoms with Crippen LogP contribution in [0, 0.1) is 0 Å². The number of aldehydes is 1. The van der Waals surface area contributed by atoms with Gasteiger partial charge in [0.15, 0.2) is 0 Å². The first-order chi connectivity index (χ1) is 14.9. The van der Waals surface area contributed by atoms with Crippen molar-refractivity contribution < 1.29 is 9.59 Å². The van der Waals surface area contributed by atoms with Gasteiger partial charge >= 0.3 is 6.03 Å². The molecule has 1 aromatic heterocycles. The molecule has 0 bridgehead atoms. The minimum absolute atomic E-state index is 0.0912. The number of hydrogen-bond acceptors (Lipinski definition) is 2. The highest BCUT2D eigenvalue weighted by Crippen LogP contribution is 2.40. The lowest BCUT2D eigenvalue weighted by molar-refractivity contribution is 0.112. The fourth-order valence-electron chi connectivity index (χ4n) is 3.87. The zero-order chi connectivity index (χ0) is 23.1. The summed E-state index contributed by atoms with van der Waals surface area (Å²) in [5.74, 6) is 0.267. The van der Waals surface area contributed by atoms with Crippen LogP contribution in [0.25, 0.3) is 16.5 Å². The van der Waals surface area contributed by atoms with Crippen molar-refractivity contribution in [2.45, 2.75) is 59.8 Å². The molecule has 0 aliphatic carbocycles. The average molecular weight is 421 g/mol. The molecule has 1 aromatic carbocycles. The molecular weight excluding hydrogens is 384 g/mol. The third-order valence-electron chi connectivity index (χ3n) is 5.87. The lowest BCUT2D eigenvalue weighted by Crippen LogP contribution is -2.31. The van der Waals surface area contributed by atoms with Crippen LogP contribution in [-0.2, 0) is 0 Å². The molecule has 1 aliphatic heterocycles. The molecule has 1 amide bonds. The lowest BCUT2D eigenvalue weighted by Gasteiger charge is -2.16. The van der Waals surface area contributed by atoms with Crippen LogP contribution in [0.2, 0.25) is 0 Å². The number of amides is 1. The summed E-state index contributed by atoms with van der Waals surface area (Å²) in [6.07, 6.45) is 10.3. The Hall–Kier alpha value is -2.88. The molecule has 2 heterocycles. The molecule has 1 unspecified atom stereocenters. The number of carbonyl (C=O) groups is 2. The van der Waals surface area contributed by atoms with Crippen molar-refractivity contribution in [3.05, 3.63) is 65.4 Å². The first kappa shape index (κ1) is 24.4. The summed E-state index contributed by atoms with van der Waals surface area (Å²) in [5.41, 5.74) is 5.43. The molecular formula is C27H36N2O2. The first-order valence-corrected chi connectivity index (χ1v) is 11.3. The maximum Gasteiger partial charge on any atom is 0.329 e. The van der Waals surface area contributed by atoms with Crippen LogP contribution in [0.5, 0.6) is 0 Å². The summed E-state index contributed by atoms with van der Waals surface area (Å²) >= 11 is 0. The van der Waals surface area contributed by atoms with E-state index in [1.807, 2.05) is 43.4 Å². The van der Waals surface area contributed by atoms with E-state index in [4.69, 9.17) is 0 Å². The zero-order valence-electron chi connectivity index (χ0n) is 19.9. The summed E-state index contributed by atoms with van der Waals surface area (Å²) in [5, 5.41) is 1.02. The Balaban J connectivity index is 0.000000785. The van der Waals surface area contributed by atoms with Crippen LogP contribution in [0.4, 0.5) is 4.79 Å². The molecule has 0 spiro atoms. The van der Waals surface area contributed by atoms with Gasteiger partial charge in [-0.3, -0.25) is 9.36 Å². The highest BCUT2D eigenvalue weighted by atomic mass is 16.2. The normalized spacial score (nSPS) is 14.9. The molecule has 0 N–H and O–H groups in total. The summed E-state index contributed by atoms with van der Waals surface area (Å²) in [6.45, 7) is 15.2. The fraction of sp³-hybridized carbons (Fsp3) is 0.407. The van der Waals surface area contributed by atoms with E-state index in [-0.39, 0.29) is 11.9 Å². The van der Waals surface area contributed by atoms with Crippen LogP contribution < -0.4 is 0 Å². The molecule has 31 heavy (non-hydrogen) atoms. The maximum absolute atomic E-state index is 13.3. The Labute approximate surface area is 186 Å². The molecule has 1 aliphatic rings. The third kappa shape index (κ3) is 4.73. The molecule has 0 saturated heterocycles. The van der Waals surface area contributed by atoms with Gasteiger partial charge in [0.2, 0.25) is 0 Å². The van der Waals surface area contributed by atoms with E-state index in [2.05, 4.69) is 34.3 Å². The highest BCUT2D eigenvalue weighted by molar-refractivity contribution is 6.03. The van der Waals surface area contributed by atoms with Crippen molar-refractivity contribution >= 4 is 28.8 Å². The number of likely N-dealkylation sites (N-methyl/N-ethyl adjacent to an activating group) is 1. The summed E-state index contributed by atoms with van der Waals surface area (Å²) in [6, 6.07) is 5.50. The first-order valence-electron chi connectivity index (χ1n) is 11.3. The smallest absolute Gasteiger partial charge is 0.323 e. The highest BCUT2D eigenvalue weighted by Gasteiger charge is 2.30. The number of nitrogens with zero attached hydrogens (tertiary/aromatic N) is 2. The second-order valence-corrected chi connectivity index (χ2v) is 8.08. The predicted molar refractivity (Wildman–Crippen MR) is 132 cm³/mol. The van der Waals surface area contributed by atoms with Gasteiger partial charge in [-0.2, -0.15) is 0 Å². The van der Waals surface area contributed by atoms with E-state index in [1.165, 1.54) is 12.8 Å². The van der Waals surface area contributed by atoms with E-state index in [1.54, 1.807) is 16.5 Å². The van der Waals surface area contributed by atoms with E-state index < -0.39 is 0 Å². The number of carbonyl (C=O) groups excluding carboxylic acids is 2. The molecule has 0 saturated carbocycles. The fourth-order valence-corrected chi connectivity index (χ4v) is 3.87. The van der Waals surface area contributed by atoms with E-state index in [0.717, 1.165) is 46.0 Å². The topological polar surface area (TPSA) is 42.3 Å². The summed E-state index contributed by atoms with van der Waals surface area (Å²) in [4.78, 5) is 26.4. The minimum Gasteiger partial charge on any atom is -0.323 e. The van der Waals surface area contributed by atoms with Gasteiger partial charge in [-0.25, -0.2) is 4.79 Å². The Kier molecular flexibility index (Phi) is 8.61. The van der Waals surface area contributed by atoms with Crippen molar-refractivity contribution in [2.24, 2.45) is 0 Å². The van der Waals surface area contributed by atoms with Crippen molar-refractivity contribution in [3.63, 3.8) is 0 Å². The monoisotopic (exact) mass is 420 g/mol. The predicted octanol–water partition coefficient (Wildman–Crippen LogP) is 7.20. The SMILES string of the molecule is C=CC1=C(/C=C\C)CN(C)C(=O)n2c1c(C(C)CC)c1ccc(C=O)cc12.CCCC. The molecule has 2 aromatic rings. The largest absolute Gasteiger partial charge is 0.329 e. The third-order valence-corrected chi connectivity index (χ3v) is 5.87. The zero-order valence-corrected chi connectivity index (χ0v) is 19.9. The van der Waals surface area contributed by atoms with Gasteiger partial charge in [-0.05, 0) is 36.5 Å². The van der Waals surface area contributed by atoms with Crippen LogP contribution in [0.1, 0.15) is 81.4 Å². The van der Waals surface area contributed by atoms with Gasteiger partial charge in [0.25, 0.3) is 0 Å². The Morgan fingerprint density at radius 3 is 2.39 bits per heavy atom. The van der Waals surface area contributed by atoms with E-state index >= 15 is 0 Å². The number of fused-ring (bicyclic) bond motifs is 3. The molecule has 0 radical (unpaired) electrons. The quantitative estimate of drug-likeness (QED) is 0.464. The number of aromatic nitrogens is 1. The number of allylic oxidation sites excluding steroid dienone is 3. The van der Waals surface area contributed by atoms with E-state index in [0.29, 0.717) is 12.1 Å². The van der Waals surface area contributed by atoms with Gasteiger partial charge in [0.05, 0.1) is 11.2 Å². The van der Waals surface area contributed by atoms with Crippen LogP contribution in [-0.4, -0.2) is 35.4 Å². The molecule has 166 valence electrons. The molecule has 4 heteroatoms. The molecule has 3 rings (SSSR count). The second kappa shape index (κ2) is 10.9. The van der Waals surface area contributed by atoms with Crippen molar-refractivity contribution in [1.29, 1.82) is 0 Å². The van der Waals surface area contributed by atoms with Gasteiger partial charge in [0, 0.05) is 30.1 Å². The maximum atomic E-state index is 13.3. The Morgan fingerprint density at radius 1 is 1.19 bits per heavy atom. The molecule has 0 fully saturated rings. The van der Waals surface area contributed by atoms with Gasteiger partial charge in [0.1, 0.15) is 6.29 Å². The summed E-state index contributed by atoms with van der Waals surface area (Å²) < 4.78 is 1.76. The molecule has 4 nitrogen and oxygen atoms in total. The van der Waals surface area contributed by atoms with Gasteiger partial charge < -0.3 is 4.90 Å². The van der Waals surface area contributed by atoms with Crippen molar-refractivity contribution in [2.75, 3.05) is 13.6 Å². The number of hydrogen-bond donors (Lipinski definition) is 0. The summed E-state index contributed by atoms with van der Waals surface area (Å²) in [7, 11) is 1.81. The molecule has 1 atom stereocenters. The number of benzene rings is 1. The van der Waals surface area contributed by atoms with Crippen molar-refractivity contribution in [1.82, 2.24) is 9.47 Å². The minimum atomic E-state index is -0.0912. The van der Waals surface area contributed by atoms with Crippen LogP contribution in [0.15, 0.2) is 48.6 Å². The second-order valence-electron chi connectivity index (χ2n) is 8.08. The van der Waals surface area contributed by atoms with Crippen LogP contribution in [0.3, 0.4) is 0 Å². The Bertz CT molecular complexity index is 1020. The number of rotatable bonds is 6. The van der Waals surface area contributed by atoms with Crippen molar-refractivity contribution in [3.8, 4) is 0 Å². The average Bonchev–Trinajstić information content (AvgIpc) is 3.07. The number of unbranched alkanes of at least 4 members (excludes halogenated alkanes) is 1. The van der Waals surface area contributed by atoms with Crippen LogP contribution >= 0.6 is 0 Å². The standard InChI is InChI=1S/C23H26N2O2.C4H10/c1-6-9-17-13-24(5)23(27)25-20-12-16(14-26)10-11-19(20)21(15(4)7-2)22(25)18(17)8-3;1-3-4-2/h6,8-12,14-15H,3,7,13H2,1-2,4-5H3;3-4H2,1-2H3/b9-6-;. The van der Waals surface area contributed by atoms with Gasteiger partial charge in [-0.1, -0.05) is 77.5 Å². The van der Waals surface area contributed by atoms with Gasteiger partial charge in [-0.15, -0.1) is 0 Å². The lowest BCUT2D eigenvalue weighted by atomic mass is 9.91. The van der Waals surface area contributed by atoms with E-state index in [9.17, 15) is 9.59 Å². The Morgan fingerprint density at radius 2 is 1.87 bits per heavy atom.